The van der Waals surface area contributed by atoms with Crippen LogP contribution >= 0.6 is 0 Å². The van der Waals surface area contributed by atoms with Crippen LogP contribution in [-0.4, -0.2) is 11.9 Å². The number of hydrogen-bond acceptors (Lipinski definition) is 5. The molecule has 1 aliphatic rings. The Morgan fingerprint density at radius 3 is 1.82 bits per heavy atom. The lowest BCUT2D eigenvalue weighted by Crippen LogP contribution is -1.97. The second-order valence-electron chi connectivity index (χ2n) is 4.10. The lowest BCUT2D eigenvalue weighted by atomic mass is 10.0. The van der Waals surface area contributed by atoms with Crippen LogP contribution in [0.2, 0.25) is 0 Å². The fourth-order valence-corrected chi connectivity index (χ4v) is 2.66. The molecule has 0 spiro atoms. The van der Waals surface area contributed by atoms with Crippen molar-refractivity contribution in [2.45, 2.75) is 0 Å². The van der Waals surface area contributed by atoms with Gasteiger partial charge in [0, 0.05) is 0 Å². The van der Waals surface area contributed by atoms with Gasteiger partial charge in [-0.3, -0.25) is 0 Å². The zero-order chi connectivity index (χ0) is 11.3. The third kappa shape index (κ3) is 0.593. The van der Waals surface area contributed by atoms with Gasteiger partial charge in [0.05, 0.1) is 10.8 Å². The molecule has 17 heavy (non-hydrogen) atoms. The van der Waals surface area contributed by atoms with Crippen molar-refractivity contribution in [3.05, 3.63) is 23.3 Å². The number of furan rings is 4. The summed E-state index contributed by atoms with van der Waals surface area (Å²) < 4.78 is 15.6. The maximum atomic E-state index is 11.5. The SMILES string of the molecule is O=C1OC(=O)c2c1c1oc2c2c3ccc(o3)c12. The molecule has 5 nitrogen and oxygen atoms in total. The third-order valence-electron chi connectivity index (χ3n) is 3.30. The van der Waals surface area contributed by atoms with Crippen LogP contribution < -0.4 is 0 Å². The molecule has 0 amide bonds. The molecular formula is C12H2O5. The van der Waals surface area contributed by atoms with Crippen LogP contribution in [0.15, 0.2) is 21.0 Å². The standard InChI is InChI=1S/C12H2O5/c13-11-7-8(12(14)17-11)10-6-4-2-1-3(15-4)5(6)9(7)16-10/h1-2H. The van der Waals surface area contributed by atoms with E-state index in [4.69, 9.17) is 8.83 Å². The van der Waals surface area contributed by atoms with Gasteiger partial charge in [0.25, 0.3) is 0 Å². The van der Waals surface area contributed by atoms with Crippen molar-refractivity contribution in [2.75, 3.05) is 0 Å². The summed E-state index contributed by atoms with van der Waals surface area (Å²) in [5.74, 6) is -1.28. The lowest BCUT2D eigenvalue weighted by Gasteiger charge is -1.88. The first-order valence-corrected chi connectivity index (χ1v) is 5.04. The Morgan fingerprint density at radius 1 is 0.765 bits per heavy atom. The van der Waals surface area contributed by atoms with Gasteiger partial charge in [0.15, 0.2) is 11.2 Å². The van der Waals surface area contributed by atoms with Crippen LogP contribution in [0.1, 0.15) is 20.7 Å². The van der Waals surface area contributed by atoms with Gasteiger partial charge in [-0.2, -0.15) is 0 Å². The van der Waals surface area contributed by atoms with Crippen LogP contribution in [0, 0.1) is 0 Å². The first-order chi connectivity index (χ1) is 8.25. The highest BCUT2D eigenvalue weighted by atomic mass is 16.6. The highest BCUT2D eigenvalue weighted by Gasteiger charge is 2.41. The van der Waals surface area contributed by atoms with E-state index in [2.05, 4.69) is 4.74 Å². The predicted octanol–water partition coefficient (Wildman–Crippen LogP) is 2.52. The number of fused-ring (bicyclic) bond motifs is 12. The molecule has 0 unspecified atom stereocenters. The summed E-state index contributed by atoms with van der Waals surface area (Å²) in [6.45, 7) is 0. The van der Waals surface area contributed by atoms with Gasteiger partial charge in [-0.05, 0) is 12.1 Å². The summed E-state index contributed by atoms with van der Waals surface area (Å²) in [5, 5.41) is 1.53. The van der Waals surface area contributed by atoms with Crippen LogP contribution in [0.3, 0.4) is 0 Å². The minimum atomic E-state index is -0.640. The lowest BCUT2D eigenvalue weighted by molar-refractivity contribution is 0.0443. The van der Waals surface area contributed by atoms with E-state index in [0.29, 0.717) is 22.3 Å². The third-order valence-corrected chi connectivity index (χ3v) is 3.30. The maximum Gasteiger partial charge on any atom is 0.350 e. The Bertz CT molecular complexity index is 866. The summed E-state index contributed by atoms with van der Waals surface area (Å²) in [5.41, 5.74) is 2.60. The molecule has 4 aromatic rings. The van der Waals surface area contributed by atoms with Gasteiger partial charge in [0.1, 0.15) is 22.3 Å². The predicted molar refractivity (Wildman–Crippen MR) is 55.6 cm³/mol. The molecule has 0 atom stereocenters. The molecule has 0 aromatic carbocycles. The van der Waals surface area contributed by atoms with E-state index in [1.165, 1.54) is 0 Å². The molecule has 5 heteroatoms. The Balaban J connectivity index is 2.19. The molecule has 5 heterocycles. The quantitative estimate of drug-likeness (QED) is 0.340. The van der Waals surface area contributed by atoms with Crippen LogP contribution in [0.25, 0.3) is 33.1 Å². The van der Waals surface area contributed by atoms with Crippen LogP contribution in [0.4, 0.5) is 0 Å². The van der Waals surface area contributed by atoms with Crippen LogP contribution in [-0.2, 0) is 4.74 Å². The van der Waals surface area contributed by atoms with Crippen molar-refractivity contribution in [1.29, 1.82) is 0 Å². The highest BCUT2D eigenvalue weighted by molar-refractivity contribution is 6.34. The number of ether oxygens (including phenoxy) is 1. The Kier molecular flexibility index (Phi) is 0.892. The fourth-order valence-electron chi connectivity index (χ4n) is 2.66. The number of cyclic esters (lactones) is 2. The smallest absolute Gasteiger partial charge is 0.350 e. The Morgan fingerprint density at radius 2 is 1.29 bits per heavy atom. The van der Waals surface area contributed by atoms with Gasteiger partial charge >= 0.3 is 11.9 Å². The Hall–Kier alpha value is -2.56. The van der Waals surface area contributed by atoms with Gasteiger partial charge in [0.2, 0.25) is 0 Å². The first kappa shape index (κ1) is 7.67. The summed E-state index contributed by atoms with van der Waals surface area (Å²) in [4.78, 5) is 23.1. The summed E-state index contributed by atoms with van der Waals surface area (Å²) in [6.07, 6.45) is 0. The van der Waals surface area contributed by atoms with Gasteiger partial charge in [-0.25, -0.2) is 9.59 Å². The summed E-state index contributed by atoms with van der Waals surface area (Å²) in [7, 11) is 0. The second-order valence-corrected chi connectivity index (χ2v) is 4.10. The molecule has 0 aliphatic carbocycles. The molecule has 5 rings (SSSR count). The van der Waals surface area contributed by atoms with Gasteiger partial charge in [-0.1, -0.05) is 0 Å². The molecule has 4 bridgehead atoms. The number of esters is 2. The molecule has 1 aliphatic heterocycles. The number of carbonyl (C=O) groups is 2. The maximum absolute atomic E-state index is 11.5. The van der Waals surface area contributed by atoms with Gasteiger partial charge < -0.3 is 13.6 Å². The first-order valence-electron chi connectivity index (χ1n) is 5.04. The van der Waals surface area contributed by atoms with Crippen molar-refractivity contribution < 1.29 is 23.2 Å². The van der Waals surface area contributed by atoms with Crippen molar-refractivity contribution in [1.82, 2.24) is 0 Å². The second kappa shape index (κ2) is 1.98. The monoisotopic (exact) mass is 226 g/mol. The number of benzene rings is 2. The van der Waals surface area contributed by atoms with E-state index in [0.717, 1.165) is 10.8 Å². The molecule has 0 radical (unpaired) electrons. The van der Waals surface area contributed by atoms with Crippen molar-refractivity contribution in [3.8, 4) is 0 Å². The number of rotatable bonds is 0. The minimum Gasteiger partial charge on any atom is -0.456 e. The average molecular weight is 226 g/mol. The molecule has 0 N–H and O–H groups in total. The average Bonchev–Trinajstić information content (AvgIpc) is 3.03. The van der Waals surface area contributed by atoms with Crippen molar-refractivity contribution in [3.63, 3.8) is 0 Å². The van der Waals surface area contributed by atoms with E-state index < -0.39 is 11.9 Å². The summed E-state index contributed by atoms with van der Waals surface area (Å²) >= 11 is 0. The topological polar surface area (TPSA) is 69.7 Å². The van der Waals surface area contributed by atoms with E-state index in [1.807, 2.05) is 12.1 Å². The van der Waals surface area contributed by atoms with E-state index in [9.17, 15) is 9.59 Å². The zero-order valence-corrected chi connectivity index (χ0v) is 8.20. The fraction of sp³-hybridized carbons (Fsp3) is 0. The molecular weight excluding hydrogens is 224 g/mol. The molecule has 0 saturated carbocycles. The molecule has 0 saturated heterocycles. The van der Waals surface area contributed by atoms with Crippen molar-refractivity contribution in [2.24, 2.45) is 0 Å². The molecule has 4 aromatic heterocycles. The van der Waals surface area contributed by atoms with Crippen molar-refractivity contribution >= 4 is 45.0 Å². The van der Waals surface area contributed by atoms with Gasteiger partial charge in [-0.15, -0.1) is 0 Å². The molecule has 0 fully saturated rings. The van der Waals surface area contributed by atoms with E-state index in [-0.39, 0.29) is 11.1 Å². The summed E-state index contributed by atoms with van der Waals surface area (Å²) in [6, 6.07) is 3.63. The van der Waals surface area contributed by atoms with E-state index >= 15 is 0 Å². The number of carbonyl (C=O) groups excluding carboxylic acids is 2. The Labute approximate surface area is 92.2 Å². The highest BCUT2D eigenvalue weighted by Crippen LogP contribution is 2.47. The minimum absolute atomic E-state index is 0.237. The number of hydrogen-bond donors (Lipinski definition) is 0. The molecule has 80 valence electrons. The normalized spacial score (nSPS) is 15.8. The van der Waals surface area contributed by atoms with E-state index in [1.54, 1.807) is 0 Å². The largest absolute Gasteiger partial charge is 0.456 e. The zero-order valence-electron chi connectivity index (χ0n) is 8.20. The van der Waals surface area contributed by atoms with Crippen LogP contribution in [0.5, 0.6) is 0 Å².